The van der Waals surface area contributed by atoms with Crippen molar-refractivity contribution in [3.63, 3.8) is 0 Å². The lowest BCUT2D eigenvalue weighted by atomic mass is 9.44. The standard InChI is InChI=1S/C24H34O7/c1-14(25)29-13-23(4)18-6-10-24(5)19(12-17(31-24)16-8-11-28-21(16)27)22(18,3)9-7-20(23)30-15(2)26/h8,17-20H,6-7,9-13H2,1-5H3/t17?,18-,19?,20+,22+,23-,24+/m0/s1. The summed E-state index contributed by atoms with van der Waals surface area (Å²) >= 11 is 0. The van der Waals surface area contributed by atoms with Gasteiger partial charge in [-0.15, -0.1) is 0 Å². The van der Waals surface area contributed by atoms with Crippen LogP contribution in [0.2, 0.25) is 0 Å². The number of carbonyl (C=O) groups is 3. The first kappa shape index (κ1) is 22.3. The minimum absolute atomic E-state index is 0.0869. The number of hydrogen-bond acceptors (Lipinski definition) is 7. The lowest BCUT2D eigenvalue weighted by molar-refractivity contribution is -0.213. The van der Waals surface area contributed by atoms with Crippen LogP contribution in [0.3, 0.4) is 0 Å². The first-order chi connectivity index (χ1) is 14.5. The van der Waals surface area contributed by atoms with Crippen molar-refractivity contribution in [3.8, 4) is 0 Å². The number of cyclic esters (lactones) is 1. The summed E-state index contributed by atoms with van der Waals surface area (Å²) in [5, 5.41) is 0. The van der Waals surface area contributed by atoms with Crippen LogP contribution in [0, 0.1) is 22.7 Å². The van der Waals surface area contributed by atoms with E-state index in [4.69, 9.17) is 18.9 Å². The maximum Gasteiger partial charge on any atom is 0.336 e. The molecular formula is C24H34O7. The van der Waals surface area contributed by atoms with Crippen LogP contribution in [0.1, 0.15) is 66.7 Å². The van der Waals surface area contributed by atoms with Gasteiger partial charge in [0.25, 0.3) is 0 Å². The Kier molecular flexibility index (Phi) is 5.48. The Labute approximate surface area is 183 Å². The molecule has 0 bridgehead atoms. The van der Waals surface area contributed by atoms with Gasteiger partial charge in [0.15, 0.2) is 0 Å². The molecule has 4 rings (SSSR count). The zero-order chi connectivity index (χ0) is 22.6. The van der Waals surface area contributed by atoms with Gasteiger partial charge < -0.3 is 18.9 Å². The molecule has 0 aromatic rings. The molecule has 7 nitrogen and oxygen atoms in total. The Balaban J connectivity index is 1.65. The van der Waals surface area contributed by atoms with Crippen LogP contribution in [0.15, 0.2) is 11.6 Å². The third-order valence-electron chi connectivity index (χ3n) is 8.59. The largest absolute Gasteiger partial charge is 0.465 e. The zero-order valence-corrected chi connectivity index (χ0v) is 19.2. The summed E-state index contributed by atoms with van der Waals surface area (Å²) < 4.78 is 22.9. The predicted molar refractivity (Wildman–Crippen MR) is 111 cm³/mol. The molecule has 0 spiro atoms. The molecule has 0 N–H and O–H groups in total. The first-order valence-corrected chi connectivity index (χ1v) is 11.4. The van der Waals surface area contributed by atoms with E-state index in [1.165, 1.54) is 13.8 Å². The van der Waals surface area contributed by atoms with E-state index in [1.807, 2.05) is 6.08 Å². The average molecular weight is 435 g/mol. The number of ether oxygens (including phenoxy) is 4. The van der Waals surface area contributed by atoms with E-state index in [9.17, 15) is 14.4 Å². The normalized spacial score (nSPS) is 44.0. The SMILES string of the molecule is CC(=O)OC[C@@]1(C)[C@H]2CC[C@@]3(C)OC(C4=CCOC4=O)CC3[C@]2(C)CC[C@H]1OC(C)=O. The van der Waals surface area contributed by atoms with E-state index in [0.29, 0.717) is 18.6 Å². The number of hydrogen-bond donors (Lipinski definition) is 0. The van der Waals surface area contributed by atoms with Crippen LogP contribution in [-0.2, 0) is 33.3 Å². The van der Waals surface area contributed by atoms with E-state index in [-0.39, 0.29) is 59.6 Å². The molecule has 7 atom stereocenters. The Hall–Kier alpha value is -1.89. The van der Waals surface area contributed by atoms with Gasteiger partial charge >= 0.3 is 17.9 Å². The fourth-order valence-electron chi connectivity index (χ4n) is 7.22. The molecule has 2 saturated carbocycles. The van der Waals surface area contributed by atoms with Crippen LogP contribution < -0.4 is 0 Å². The lowest BCUT2D eigenvalue weighted by Gasteiger charge is -2.62. The summed E-state index contributed by atoms with van der Waals surface area (Å²) in [6.07, 6.45) is 5.41. The number of fused-ring (bicyclic) bond motifs is 3. The van der Waals surface area contributed by atoms with E-state index in [1.54, 1.807) is 0 Å². The van der Waals surface area contributed by atoms with Crippen LogP contribution in [-0.4, -0.2) is 48.9 Å². The van der Waals surface area contributed by atoms with Crippen LogP contribution in [0.4, 0.5) is 0 Å². The number of esters is 3. The summed E-state index contributed by atoms with van der Waals surface area (Å²) in [7, 11) is 0. The second kappa shape index (κ2) is 7.61. The number of rotatable bonds is 4. The molecular weight excluding hydrogens is 400 g/mol. The molecule has 3 fully saturated rings. The van der Waals surface area contributed by atoms with Crippen molar-refractivity contribution in [3.05, 3.63) is 11.6 Å². The predicted octanol–water partition coefficient (Wildman–Crippen LogP) is 3.34. The minimum Gasteiger partial charge on any atom is -0.465 e. The second-order valence-corrected chi connectivity index (χ2v) is 10.5. The smallest absolute Gasteiger partial charge is 0.336 e. The maximum absolute atomic E-state index is 12.2. The van der Waals surface area contributed by atoms with Gasteiger partial charge in [-0.25, -0.2) is 4.79 Å². The monoisotopic (exact) mass is 434 g/mol. The Bertz CT molecular complexity index is 819. The third kappa shape index (κ3) is 3.59. The molecule has 7 heteroatoms. The molecule has 2 heterocycles. The van der Waals surface area contributed by atoms with Gasteiger partial charge in [-0.05, 0) is 62.4 Å². The first-order valence-electron chi connectivity index (χ1n) is 11.4. The molecule has 0 aromatic carbocycles. The van der Waals surface area contributed by atoms with Gasteiger partial charge in [0.05, 0.1) is 17.3 Å². The van der Waals surface area contributed by atoms with E-state index in [2.05, 4.69) is 20.8 Å². The van der Waals surface area contributed by atoms with Gasteiger partial charge in [-0.2, -0.15) is 0 Å². The molecule has 0 radical (unpaired) electrons. The molecule has 4 aliphatic rings. The molecule has 172 valence electrons. The highest BCUT2D eigenvalue weighted by atomic mass is 16.6. The van der Waals surface area contributed by atoms with Crippen molar-refractivity contribution in [2.24, 2.45) is 22.7 Å². The minimum atomic E-state index is -0.477. The highest BCUT2D eigenvalue weighted by Crippen LogP contribution is 2.66. The quantitative estimate of drug-likeness (QED) is 0.495. The summed E-state index contributed by atoms with van der Waals surface area (Å²) in [5.74, 6) is -0.464. The average Bonchev–Trinajstić information content (AvgIpc) is 3.26. The molecule has 1 saturated heterocycles. The summed E-state index contributed by atoms with van der Waals surface area (Å²) in [5.41, 5.74) is -0.242. The van der Waals surface area contributed by atoms with Crippen LogP contribution in [0.5, 0.6) is 0 Å². The van der Waals surface area contributed by atoms with Crippen molar-refractivity contribution in [2.75, 3.05) is 13.2 Å². The second-order valence-electron chi connectivity index (χ2n) is 10.5. The van der Waals surface area contributed by atoms with Crippen molar-refractivity contribution in [1.29, 1.82) is 0 Å². The molecule has 2 aliphatic carbocycles. The van der Waals surface area contributed by atoms with Crippen molar-refractivity contribution >= 4 is 17.9 Å². The lowest BCUT2D eigenvalue weighted by Crippen LogP contribution is -2.62. The highest BCUT2D eigenvalue weighted by Gasteiger charge is 2.66. The summed E-state index contributed by atoms with van der Waals surface area (Å²) in [4.78, 5) is 35.6. The zero-order valence-electron chi connectivity index (χ0n) is 19.2. The molecule has 31 heavy (non-hydrogen) atoms. The van der Waals surface area contributed by atoms with Gasteiger partial charge in [0.1, 0.15) is 19.3 Å². The maximum atomic E-state index is 12.2. The van der Waals surface area contributed by atoms with Crippen molar-refractivity contribution in [2.45, 2.75) is 84.5 Å². The van der Waals surface area contributed by atoms with E-state index >= 15 is 0 Å². The number of carbonyl (C=O) groups excluding carboxylic acids is 3. The van der Waals surface area contributed by atoms with Gasteiger partial charge in [-0.1, -0.05) is 13.8 Å². The summed E-state index contributed by atoms with van der Waals surface area (Å²) in [6, 6.07) is 0. The third-order valence-corrected chi connectivity index (χ3v) is 8.59. The van der Waals surface area contributed by atoms with Crippen LogP contribution in [0.25, 0.3) is 0 Å². The van der Waals surface area contributed by atoms with Gasteiger partial charge in [-0.3, -0.25) is 9.59 Å². The molecule has 2 unspecified atom stereocenters. The molecule has 2 aliphatic heterocycles. The van der Waals surface area contributed by atoms with Gasteiger partial charge in [0, 0.05) is 19.3 Å². The fourth-order valence-corrected chi connectivity index (χ4v) is 7.22. The topological polar surface area (TPSA) is 88.1 Å². The summed E-state index contributed by atoms with van der Waals surface area (Å²) in [6.45, 7) is 9.96. The van der Waals surface area contributed by atoms with Gasteiger partial charge in [0.2, 0.25) is 0 Å². The van der Waals surface area contributed by atoms with Crippen LogP contribution >= 0.6 is 0 Å². The van der Waals surface area contributed by atoms with Crippen molar-refractivity contribution < 1.29 is 33.3 Å². The van der Waals surface area contributed by atoms with E-state index in [0.717, 1.165) is 25.7 Å². The Morgan fingerprint density at radius 1 is 1.10 bits per heavy atom. The Morgan fingerprint density at radius 3 is 2.45 bits per heavy atom. The van der Waals surface area contributed by atoms with E-state index < -0.39 is 5.41 Å². The highest BCUT2D eigenvalue weighted by molar-refractivity contribution is 5.91. The molecule has 0 amide bonds. The Morgan fingerprint density at radius 2 is 1.84 bits per heavy atom. The fraction of sp³-hybridized carbons (Fsp3) is 0.792. The van der Waals surface area contributed by atoms with Crippen molar-refractivity contribution in [1.82, 2.24) is 0 Å². The molecule has 0 aromatic heterocycles.